The van der Waals surface area contributed by atoms with Crippen LogP contribution in [0.4, 0.5) is 5.13 Å². The van der Waals surface area contributed by atoms with Crippen molar-refractivity contribution in [3.05, 3.63) is 59.7 Å². The van der Waals surface area contributed by atoms with Gasteiger partial charge in [0.25, 0.3) is 5.91 Å². The normalized spacial score (nSPS) is 10.5. The van der Waals surface area contributed by atoms with Gasteiger partial charge in [-0.1, -0.05) is 53.4 Å². The Hall–Kier alpha value is -2.32. The zero-order valence-corrected chi connectivity index (χ0v) is 13.9. The predicted octanol–water partition coefficient (Wildman–Crippen LogP) is 3.18. The van der Waals surface area contributed by atoms with Crippen LogP contribution in [-0.2, 0) is 5.75 Å². The summed E-state index contributed by atoms with van der Waals surface area (Å²) in [6.45, 7) is 1.82. The molecule has 2 aromatic heterocycles. The Balaban J connectivity index is 1.58. The third-order valence-corrected chi connectivity index (χ3v) is 4.89. The van der Waals surface area contributed by atoms with Crippen LogP contribution in [0.25, 0.3) is 0 Å². The molecule has 0 saturated carbocycles. The minimum absolute atomic E-state index is 0.254. The van der Waals surface area contributed by atoms with Gasteiger partial charge in [0.05, 0.1) is 11.9 Å². The van der Waals surface area contributed by atoms with E-state index in [4.69, 9.17) is 0 Å². The number of carbonyl (C=O) groups is 1. The maximum absolute atomic E-state index is 12.0. The molecule has 0 radical (unpaired) electrons. The Kier molecular flexibility index (Phi) is 4.94. The van der Waals surface area contributed by atoms with Crippen molar-refractivity contribution in [3.63, 3.8) is 0 Å². The SMILES string of the molecule is Cc1cnc(C(=O)Nc2nnc(SCc3ccccc3)s2)cn1. The lowest BCUT2D eigenvalue weighted by Gasteiger charge is -1.99. The molecule has 0 fully saturated rings. The van der Waals surface area contributed by atoms with Crippen LogP contribution >= 0.6 is 23.1 Å². The Morgan fingerprint density at radius 2 is 2.00 bits per heavy atom. The van der Waals surface area contributed by atoms with E-state index < -0.39 is 0 Å². The smallest absolute Gasteiger partial charge is 0.277 e. The first-order valence-electron chi connectivity index (χ1n) is 6.81. The van der Waals surface area contributed by atoms with Crippen LogP contribution in [0, 0.1) is 6.92 Å². The van der Waals surface area contributed by atoms with Gasteiger partial charge >= 0.3 is 0 Å². The molecule has 0 aliphatic heterocycles. The molecular weight excluding hydrogens is 330 g/mol. The van der Waals surface area contributed by atoms with Crippen molar-refractivity contribution in [2.75, 3.05) is 5.32 Å². The molecular formula is C15H13N5OS2. The summed E-state index contributed by atoms with van der Waals surface area (Å²) in [7, 11) is 0. The van der Waals surface area contributed by atoms with Crippen molar-refractivity contribution in [1.29, 1.82) is 0 Å². The van der Waals surface area contributed by atoms with Crippen LogP contribution < -0.4 is 5.32 Å². The summed E-state index contributed by atoms with van der Waals surface area (Å²) in [4.78, 5) is 20.1. The molecule has 0 aliphatic carbocycles. The van der Waals surface area contributed by atoms with Gasteiger partial charge in [0, 0.05) is 11.9 Å². The monoisotopic (exact) mass is 343 g/mol. The number of hydrogen-bond acceptors (Lipinski definition) is 7. The summed E-state index contributed by atoms with van der Waals surface area (Å²) in [6.07, 6.45) is 2.99. The number of carbonyl (C=O) groups excluding carboxylic acids is 1. The number of amides is 1. The lowest BCUT2D eigenvalue weighted by atomic mass is 10.2. The van der Waals surface area contributed by atoms with Crippen molar-refractivity contribution in [2.45, 2.75) is 17.0 Å². The standard InChI is InChI=1S/C15H13N5OS2/c1-10-7-17-12(8-16-10)13(21)18-14-19-20-15(23-14)22-9-11-5-3-2-4-6-11/h2-8H,9H2,1H3,(H,18,19,21). The van der Waals surface area contributed by atoms with E-state index in [0.717, 1.165) is 15.8 Å². The molecule has 0 spiro atoms. The fourth-order valence-corrected chi connectivity index (χ4v) is 3.41. The molecule has 0 atom stereocenters. The highest BCUT2D eigenvalue weighted by Gasteiger charge is 2.12. The molecule has 0 unspecified atom stereocenters. The van der Waals surface area contributed by atoms with Crippen molar-refractivity contribution in [1.82, 2.24) is 20.2 Å². The molecule has 0 aliphatic rings. The van der Waals surface area contributed by atoms with Crippen LogP contribution in [0.3, 0.4) is 0 Å². The summed E-state index contributed by atoms with van der Waals surface area (Å²) in [5, 5.41) is 11.2. The van der Waals surface area contributed by atoms with Crippen LogP contribution in [-0.4, -0.2) is 26.1 Å². The van der Waals surface area contributed by atoms with E-state index in [9.17, 15) is 4.79 Å². The molecule has 116 valence electrons. The Morgan fingerprint density at radius 3 is 2.74 bits per heavy atom. The molecule has 0 bridgehead atoms. The summed E-state index contributed by atoms with van der Waals surface area (Å²) in [5.41, 5.74) is 2.23. The maximum atomic E-state index is 12.0. The number of aryl methyl sites for hydroxylation is 1. The van der Waals surface area contributed by atoms with Crippen molar-refractivity contribution in [3.8, 4) is 0 Å². The van der Waals surface area contributed by atoms with E-state index in [1.54, 1.807) is 18.0 Å². The van der Waals surface area contributed by atoms with E-state index in [1.807, 2.05) is 25.1 Å². The molecule has 3 rings (SSSR count). The average Bonchev–Trinajstić information content (AvgIpc) is 3.02. The number of anilines is 1. The van der Waals surface area contributed by atoms with E-state index >= 15 is 0 Å². The van der Waals surface area contributed by atoms with Crippen LogP contribution in [0.5, 0.6) is 0 Å². The molecule has 1 amide bonds. The number of nitrogens with zero attached hydrogens (tertiary/aromatic N) is 4. The quantitative estimate of drug-likeness (QED) is 0.566. The number of benzene rings is 1. The zero-order chi connectivity index (χ0) is 16.1. The first-order valence-corrected chi connectivity index (χ1v) is 8.61. The van der Waals surface area contributed by atoms with Gasteiger partial charge in [-0.05, 0) is 12.5 Å². The second-order valence-electron chi connectivity index (χ2n) is 4.64. The van der Waals surface area contributed by atoms with Gasteiger partial charge in [-0.15, -0.1) is 10.2 Å². The summed E-state index contributed by atoms with van der Waals surface area (Å²) in [6, 6.07) is 10.1. The maximum Gasteiger partial charge on any atom is 0.277 e. The van der Waals surface area contributed by atoms with Crippen LogP contribution in [0.2, 0.25) is 0 Å². The Morgan fingerprint density at radius 1 is 1.17 bits per heavy atom. The first-order chi connectivity index (χ1) is 11.2. The highest BCUT2D eigenvalue weighted by molar-refractivity contribution is 8.00. The fraction of sp³-hybridized carbons (Fsp3) is 0.133. The number of hydrogen-bond donors (Lipinski definition) is 1. The molecule has 1 N–H and O–H groups in total. The van der Waals surface area contributed by atoms with E-state index in [-0.39, 0.29) is 11.6 Å². The largest absolute Gasteiger partial charge is 0.295 e. The minimum Gasteiger partial charge on any atom is -0.295 e. The van der Waals surface area contributed by atoms with Gasteiger partial charge in [-0.2, -0.15) is 0 Å². The number of aromatic nitrogens is 4. The van der Waals surface area contributed by atoms with E-state index in [2.05, 4.69) is 37.6 Å². The van der Waals surface area contributed by atoms with Gasteiger partial charge in [-0.25, -0.2) is 4.98 Å². The van der Waals surface area contributed by atoms with Crippen LogP contribution in [0.1, 0.15) is 21.7 Å². The number of nitrogens with one attached hydrogen (secondary N) is 1. The van der Waals surface area contributed by atoms with Gasteiger partial charge in [0.2, 0.25) is 5.13 Å². The Labute approximate surface area is 141 Å². The first kappa shape index (κ1) is 15.6. The predicted molar refractivity (Wildman–Crippen MR) is 90.6 cm³/mol. The molecule has 1 aromatic carbocycles. The molecule has 8 heteroatoms. The van der Waals surface area contributed by atoms with Crippen molar-refractivity contribution in [2.24, 2.45) is 0 Å². The number of thioether (sulfide) groups is 1. The highest BCUT2D eigenvalue weighted by Crippen LogP contribution is 2.28. The topological polar surface area (TPSA) is 80.7 Å². The fourth-order valence-electron chi connectivity index (χ4n) is 1.71. The molecule has 2 heterocycles. The highest BCUT2D eigenvalue weighted by atomic mass is 32.2. The third-order valence-electron chi connectivity index (χ3n) is 2.85. The van der Waals surface area contributed by atoms with Crippen LogP contribution in [0.15, 0.2) is 47.1 Å². The summed E-state index contributed by atoms with van der Waals surface area (Å²) in [5.74, 6) is 0.473. The number of rotatable bonds is 5. The Bertz CT molecular complexity index is 789. The van der Waals surface area contributed by atoms with Gasteiger partial charge < -0.3 is 0 Å². The summed E-state index contributed by atoms with van der Waals surface area (Å²) < 4.78 is 0.805. The van der Waals surface area contributed by atoms with Gasteiger partial charge in [0.1, 0.15) is 5.69 Å². The van der Waals surface area contributed by atoms with E-state index in [0.29, 0.717) is 5.13 Å². The summed E-state index contributed by atoms with van der Waals surface area (Å²) >= 11 is 2.92. The second-order valence-corrected chi connectivity index (χ2v) is 6.84. The molecule has 6 nitrogen and oxygen atoms in total. The third kappa shape index (κ3) is 4.33. The molecule has 3 aromatic rings. The van der Waals surface area contributed by atoms with E-state index in [1.165, 1.54) is 23.1 Å². The minimum atomic E-state index is -0.340. The van der Waals surface area contributed by atoms with Crippen molar-refractivity contribution < 1.29 is 4.79 Å². The zero-order valence-electron chi connectivity index (χ0n) is 12.3. The second kappa shape index (κ2) is 7.30. The average molecular weight is 343 g/mol. The van der Waals surface area contributed by atoms with Crippen molar-refractivity contribution >= 4 is 34.1 Å². The molecule has 23 heavy (non-hydrogen) atoms. The molecule has 0 saturated heterocycles. The van der Waals surface area contributed by atoms with Gasteiger partial charge in [0.15, 0.2) is 4.34 Å². The van der Waals surface area contributed by atoms with Gasteiger partial charge in [-0.3, -0.25) is 15.1 Å². The lowest BCUT2D eigenvalue weighted by molar-refractivity contribution is 0.102. The lowest BCUT2D eigenvalue weighted by Crippen LogP contribution is -2.13.